The molecule has 3 N–H and O–H groups in total. The van der Waals surface area contributed by atoms with Crippen molar-refractivity contribution in [2.75, 3.05) is 5.32 Å². The molecule has 0 aliphatic carbocycles. The summed E-state index contributed by atoms with van der Waals surface area (Å²) in [6.07, 6.45) is -0.664. The zero-order chi connectivity index (χ0) is 29.1. The van der Waals surface area contributed by atoms with E-state index >= 15 is 0 Å². The number of amides is 1. The molecule has 11 heteroatoms. The molecule has 0 aliphatic heterocycles. The minimum atomic E-state index is -4.24. The van der Waals surface area contributed by atoms with Crippen molar-refractivity contribution in [2.45, 2.75) is 43.7 Å². The van der Waals surface area contributed by atoms with Crippen molar-refractivity contribution >= 4 is 44.5 Å². The fraction of sp³-hybridized carbons (Fsp3) is 0.207. The molecule has 40 heavy (non-hydrogen) atoms. The van der Waals surface area contributed by atoms with E-state index in [-0.39, 0.29) is 10.7 Å². The van der Waals surface area contributed by atoms with E-state index in [2.05, 4.69) is 10.0 Å². The summed E-state index contributed by atoms with van der Waals surface area (Å²) in [7, 11) is -4.24. The Hall–Kier alpha value is -4.48. The highest BCUT2D eigenvalue weighted by Gasteiger charge is 2.30. The van der Waals surface area contributed by atoms with E-state index in [9.17, 15) is 27.9 Å². The molecular weight excluding hydrogens is 536 g/mol. The van der Waals surface area contributed by atoms with Gasteiger partial charge in [-0.05, 0) is 68.3 Å². The highest BCUT2D eigenvalue weighted by molar-refractivity contribution is 7.89. The number of carbonyl (C=O) groups is 3. The van der Waals surface area contributed by atoms with Gasteiger partial charge in [0.2, 0.25) is 10.0 Å². The first-order valence-electron chi connectivity index (χ1n) is 12.3. The molecule has 0 bridgehead atoms. The van der Waals surface area contributed by atoms with E-state index in [1.165, 1.54) is 12.1 Å². The van der Waals surface area contributed by atoms with Gasteiger partial charge in [-0.3, -0.25) is 14.4 Å². The van der Waals surface area contributed by atoms with Crippen LogP contribution in [0.5, 0.6) is 0 Å². The maximum absolute atomic E-state index is 12.8. The molecule has 1 heterocycles. The van der Waals surface area contributed by atoms with Crippen LogP contribution in [0.4, 0.5) is 5.69 Å². The van der Waals surface area contributed by atoms with Crippen LogP contribution in [0, 0.1) is 0 Å². The summed E-state index contributed by atoms with van der Waals surface area (Å²) >= 11 is 0. The van der Waals surface area contributed by atoms with Crippen LogP contribution in [0.1, 0.15) is 37.7 Å². The van der Waals surface area contributed by atoms with Crippen molar-refractivity contribution in [1.82, 2.24) is 4.72 Å². The number of hydrogen-bond donors (Lipinski definition) is 3. The first kappa shape index (κ1) is 28.5. The molecule has 1 unspecified atom stereocenters. The zero-order valence-electron chi connectivity index (χ0n) is 22.0. The quantitative estimate of drug-likeness (QED) is 0.245. The summed E-state index contributed by atoms with van der Waals surface area (Å²) in [6.45, 7) is 4.87. The smallest absolute Gasteiger partial charge is 0.322 e. The Bertz CT molecular complexity index is 1620. The number of ether oxygens (including phenoxy) is 1. The number of fused-ring (bicyclic) bond motifs is 1. The van der Waals surface area contributed by atoms with Crippen molar-refractivity contribution in [3.8, 4) is 11.1 Å². The number of sulfonamides is 1. The van der Waals surface area contributed by atoms with Gasteiger partial charge in [0.25, 0.3) is 5.91 Å². The van der Waals surface area contributed by atoms with Gasteiger partial charge in [0.15, 0.2) is 5.76 Å². The fourth-order valence-electron chi connectivity index (χ4n) is 3.84. The molecule has 0 radical (unpaired) electrons. The molecule has 0 spiro atoms. The van der Waals surface area contributed by atoms with Gasteiger partial charge in [-0.25, -0.2) is 8.42 Å². The molecule has 1 aromatic heterocycles. The number of nitrogens with one attached hydrogen (secondary N) is 2. The molecule has 4 rings (SSSR count). The Morgan fingerprint density at radius 1 is 0.925 bits per heavy atom. The molecule has 1 atom stereocenters. The molecule has 4 aromatic rings. The highest BCUT2D eigenvalue weighted by Crippen LogP contribution is 2.25. The number of carbonyl (C=O) groups excluding carboxylic acids is 2. The second-order valence-electron chi connectivity index (χ2n) is 10.0. The molecule has 208 valence electrons. The summed E-state index contributed by atoms with van der Waals surface area (Å²) in [6, 6.07) is 20.0. The van der Waals surface area contributed by atoms with Crippen LogP contribution in [0.3, 0.4) is 0 Å². The number of para-hydroxylation sites is 1. The van der Waals surface area contributed by atoms with E-state index in [0.29, 0.717) is 16.8 Å². The lowest BCUT2D eigenvalue weighted by atomic mass is 10.1. The van der Waals surface area contributed by atoms with Gasteiger partial charge < -0.3 is 19.6 Å². The van der Waals surface area contributed by atoms with E-state index in [0.717, 1.165) is 10.9 Å². The number of esters is 1. The molecular formula is C29H28N2O8S. The third-order valence-corrected chi connectivity index (χ3v) is 7.16. The molecule has 0 aliphatic rings. The van der Waals surface area contributed by atoms with Gasteiger partial charge in [-0.1, -0.05) is 42.5 Å². The minimum absolute atomic E-state index is 0.165. The summed E-state index contributed by atoms with van der Waals surface area (Å²) in [5, 5.41) is 13.0. The standard InChI is InChI=1S/C29H28N2O8S/c1-29(2,3)39-26(32)17-23(28(34)35)31-40(36,37)22-14-10-19(11-15-22)18-8-12-21(13-9-18)30-27(33)25-16-20-6-4-5-7-24(20)38-25/h4-16,23,31H,17H2,1-3H3,(H,30,33)(H,34,35). The fourth-order valence-corrected chi connectivity index (χ4v) is 5.03. The minimum Gasteiger partial charge on any atom is -0.480 e. The van der Waals surface area contributed by atoms with E-state index in [1.807, 2.05) is 18.2 Å². The number of carboxylic acid groups (broad SMARTS) is 1. The largest absolute Gasteiger partial charge is 0.480 e. The average molecular weight is 565 g/mol. The molecule has 10 nitrogen and oxygen atoms in total. The number of carboxylic acids is 1. The molecule has 1 amide bonds. The predicted octanol–water partition coefficient (Wildman–Crippen LogP) is 4.82. The lowest BCUT2D eigenvalue weighted by molar-refractivity contribution is -0.158. The topological polar surface area (TPSA) is 152 Å². The molecule has 0 saturated carbocycles. The van der Waals surface area contributed by atoms with Crippen molar-refractivity contribution in [3.63, 3.8) is 0 Å². The van der Waals surface area contributed by atoms with Gasteiger partial charge >= 0.3 is 11.9 Å². The van der Waals surface area contributed by atoms with Crippen LogP contribution in [-0.2, 0) is 24.3 Å². The van der Waals surface area contributed by atoms with Gasteiger partial charge in [0, 0.05) is 11.1 Å². The summed E-state index contributed by atoms with van der Waals surface area (Å²) in [5.41, 5.74) is 1.77. The van der Waals surface area contributed by atoms with Crippen LogP contribution >= 0.6 is 0 Å². The molecule has 0 saturated heterocycles. The Morgan fingerprint density at radius 2 is 1.52 bits per heavy atom. The normalized spacial score (nSPS) is 12.6. The van der Waals surface area contributed by atoms with Gasteiger partial charge in [0.1, 0.15) is 17.2 Å². The van der Waals surface area contributed by atoms with Crippen LogP contribution in [-0.4, -0.2) is 43.0 Å². The van der Waals surface area contributed by atoms with E-state index < -0.39 is 45.9 Å². The first-order chi connectivity index (χ1) is 18.8. The van der Waals surface area contributed by atoms with Crippen molar-refractivity contribution in [3.05, 3.63) is 84.6 Å². The Balaban J connectivity index is 1.41. The summed E-state index contributed by atoms with van der Waals surface area (Å²) in [5.74, 6) is -2.54. The predicted molar refractivity (Wildman–Crippen MR) is 148 cm³/mol. The number of furan rings is 1. The number of aliphatic carboxylic acids is 1. The summed E-state index contributed by atoms with van der Waals surface area (Å²) < 4.78 is 38.4. The number of rotatable bonds is 9. The Morgan fingerprint density at radius 3 is 2.10 bits per heavy atom. The van der Waals surface area contributed by atoms with E-state index in [4.69, 9.17) is 9.15 Å². The number of benzene rings is 3. The number of hydrogen-bond acceptors (Lipinski definition) is 7. The second-order valence-corrected chi connectivity index (χ2v) is 11.7. The lowest BCUT2D eigenvalue weighted by Gasteiger charge is -2.21. The van der Waals surface area contributed by atoms with Crippen LogP contribution in [0.25, 0.3) is 22.1 Å². The SMILES string of the molecule is CC(C)(C)OC(=O)CC(NS(=O)(=O)c1ccc(-c2ccc(NC(=O)c3cc4ccccc4o3)cc2)cc1)C(=O)O. The monoisotopic (exact) mass is 564 g/mol. The zero-order valence-corrected chi connectivity index (χ0v) is 22.8. The van der Waals surface area contributed by atoms with Crippen LogP contribution in [0.2, 0.25) is 0 Å². The number of anilines is 1. The first-order valence-corrected chi connectivity index (χ1v) is 13.8. The lowest BCUT2D eigenvalue weighted by Crippen LogP contribution is -2.43. The van der Waals surface area contributed by atoms with E-state index in [1.54, 1.807) is 69.3 Å². The van der Waals surface area contributed by atoms with Crippen molar-refractivity contribution < 1.29 is 37.1 Å². The average Bonchev–Trinajstić information content (AvgIpc) is 3.32. The molecule has 0 fully saturated rings. The Labute approximate surface area is 231 Å². The third-order valence-electron chi connectivity index (χ3n) is 5.68. The summed E-state index contributed by atoms with van der Waals surface area (Å²) in [4.78, 5) is 36.1. The maximum Gasteiger partial charge on any atom is 0.322 e. The van der Waals surface area contributed by atoms with Crippen LogP contribution < -0.4 is 10.0 Å². The second kappa shape index (κ2) is 11.3. The van der Waals surface area contributed by atoms with Crippen LogP contribution in [0.15, 0.2) is 88.2 Å². The highest BCUT2D eigenvalue weighted by atomic mass is 32.2. The Kier molecular flexibility index (Phi) is 8.08. The molecule has 3 aromatic carbocycles. The van der Waals surface area contributed by atoms with Gasteiger partial charge in [-0.15, -0.1) is 0 Å². The third kappa shape index (κ3) is 7.13. The van der Waals surface area contributed by atoms with Crippen molar-refractivity contribution in [1.29, 1.82) is 0 Å². The van der Waals surface area contributed by atoms with Gasteiger partial charge in [-0.2, -0.15) is 4.72 Å². The van der Waals surface area contributed by atoms with Crippen molar-refractivity contribution in [2.24, 2.45) is 0 Å². The van der Waals surface area contributed by atoms with Gasteiger partial charge in [0.05, 0.1) is 11.3 Å². The maximum atomic E-state index is 12.8.